The van der Waals surface area contributed by atoms with E-state index < -0.39 is 0 Å². The number of carbonyl (C=O) groups is 2. The molecule has 0 unspecified atom stereocenters. The number of benzene rings is 2. The van der Waals surface area contributed by atoms with Gasteiger partial charge in [0.05, 0.1) is 19.6 Å². The summed E-state index contributed by atoms with van der Waals surface area (Å²) in [6.07, 6.45) is 0.671. The zero-order valence-electron chi connectivity index (χ0n) is 15.2. The van der Waals surface area contributed by atoms with Crippen LogP contribution in [0.4, 0.5) is 5.95 Å². The van der Waals surface area contributed by atoms with Crippen LogP contribution in [0.5, 0.6) is 5.75 Å². The van der Waals surface area contributed by atoms with Crippen LogP contribution in [0, 0.1) is 0 Å². The minimum Gasteiger partial charge on any atom is -0.497 e. The number of anilines is 1. The molecule has 8 heteroatoms. The third kappa shape index (κ3) is 3.71. The van der Waals surface area contributed by atoms with Crippen LogP contribution in [-0.4, -0.2) is 34.1 Å². The molecule has 3 aromatic rings. The molecule has 0 saturated carbocycles. The van der Waals surface area contributed by atoms with E-state index >= 15 is 0 Å². The molecule has 142 valence electrons. The quantitative estimate of drug-likeness (QED) is 0.610. The Labute approximate surface area is 161 Å². The van der Waals surface area contributed by atoms with E-state index in [0.717, 1.165) is 16.9 Å². The van der Waals surface area contributed by atoms with E-state index in [0.29, 0.717) is 17.8 Å². The van der Waals surface area contributed by atoms with Gasteiger partial charge in [-0.05, 0) is 29.3 Å². The number of aromatic amines is 1. The smallest absolute Gasteiger partial charge is 0.252 e. The van der Waals surface area contributed by atoms with Crippen molar-refractivity contribution >= 4 is 17.8 Å². The van der Waals surface area contributed by atoms with Crippen LogP contribution < -0.4 is 15.4 Å². The molecule has 2 heterocycles. The Kier molecular flexibility index (Phi) is 4.76. The summed E-state index contributed by atoms with van der Waals surface area (Å²) < 4.78 is 5.14. The predicted molar refractivity (Wildman–Crippen MR) is 102 cm³/mol. The van der Waals surface area contributed by atoms with Crippen molar-refractivity contribution < 1.29 is 14.3 Å². The predicted octanol–water partition coefficient (Wildman–Crippen LogP) is 2.22. The molecule has 0 radical (unpaired) electrons. The summed E-state index contributed by atoms with van der Waals surface area (Å²) in [5.74, 6) is 1.21. The lowest BCUT2D eigenvalue weighted by Crippen LogP contribution is -2.24. The standard InChI is InChI=1S/C20H19N5O3/c1-28-13-8-6-12(7-9-13)10-17-22-20(25-24-17)23-18(26)11-16-14-4-2-3-5-15(14)19(27)21-16/h2-9,16H,10-11H2,1H3,(H,21,27)(H2,22,23,24,25,26)/t16-/m1/s1. The number of hydrogen-bond donors (Lipinski definition) is 3. The zero-order chi connectivity index (χ0) is 19.5. The molecule has 2 amide bonds. The van der Waals surface area contributed by atoms with Gasteiger partial charge < -0.3 is 10.1 Å². The van der Waals surface area contributed by atoms with Crippen molar-refractivity contribution in [1.82, 2.24) is 20.5 Å². The highest BCUT2D eigenvalue weighted by Gasteiger charge is 2.29. The lowest BCUT2D eigenvalue weighted by molar-refractivity contribution is -0.116. The van der Waals surface area contributed by atoms with Crippen LogP contribution in [0.25, 0.3) is 0 Å². The molecule has 1 aliphatic rings. The normalized spacial score (nSPS) is 15.0. The van der Waals surface area contributed by atoms with E-state index in [1.807, 2.05) is 36.4 Å². The van der Waals surface area contributed by atoms with Gasteiger partial charge in [0.15, 0.2) is 0 Å². The van der Waals surface area contributed by atoms with E-state index in [1.54, 1.807) is 19.2 Å². The Morgan fingerprint density at radius 2 is 1.96 bits per heavy atom. The Hall–Kier alpha value is -3.68. The topological polar surface area (TPSA) is 109 Å². The third-order valence-corrected chi connectivity index (χ3v) is 4.59. The van der Waals surface area contributed by atoms with E-state index in [-0.39, 0.29) is 30.2 Å². The number of amides is 2. The monoisotopic (exact) mass is 377 g/mol. The van der Waals surface area contributed by atoms with Gasteiger partial charge in [-0.3, -0.25) is 20.0 Å². The first-order chi connectivity index (χ1) is 13.6. The van der Waals surface area contributed by atoms with E-state index in [2.05, 4.69) is 25.8 Å². The molecule has 1 aliphatic heterocycles. The first-order valence-electron chi connectivity index (χ1n) is 8.86. The van der Waals surface area contributed by atoms with E-state index in [4.69, 9.17) is 4.74 Å². The molecule has 0 saturated heterocycles. The van der Waals surface area contributed by atoms with Crippen molar-refractivity contribution in [2.75, 3.05) is 12.4 Å². The number of methoxy groups -OCH3 is 1. The largest absolute Gasteiger partial charge is 0.497 e. The van der Waals surface area contributed by atoms with Gasteiger partial charge in [0.25, 0.3) is 5.91 Å². The number of hydrogen-bond acceptors (Lipinski definition) is 5. The Morgan fingerprint density at radius 1 is 1.18 bits per heavy atom. The number of ether oxygens (including phenoxy) is 1. The summed E-state index contributed by atoms with van der Waals surface area (Å²) in [4.78, 5) is 28.6. The highest BCUT2D eigenvalue weighted by atomic mass is 16.5. The molecule has 2 aromatic carbocycles. The second-order valence-corrected chi connectivity index (χ2v) is 6.50. The van der Waals surface area contributed by atoms with Crippen molar-refractivity contribution in [3.63, 3.8) is 0 Å². The second kappa shape index (κ2) is 7.51. The van der Waals surface area contributed by atoms with Gasteiger partial charge in [-0.25, -0.2) is 0 Å². The van der Waals surface area contributed by atoms with Gasteiger partial charge in [0, 0.05) is 12.0 Å². The van der Waals surface area contributed by atoms with Crippen LogP contribution in [0.2, 0.25) is 0 Å². The van der Waals surface area contributed by atoms with Gasteiger partial charge >= 0.3 is 0 Å². The summed E-state index contributed by atoms with van der Waals surface area (Å²) in [5.41, 5.74) is 2.48. The van der Waals surface area contributed by atoms with Crippen LogP contribution in [0.15, 0.2) is 48.5 Å². The fourth-order valence-corrected chi connectivity index (χ4v) is 3.21. The summed E-state index contributed by atoms with van der Waals surface area (Å²) >= 11 is 0. The molecule has 3 N–H and O–H groups in total. The van der Waals surface area contributed by atoms with Crippen molar-refractivity contribution in [2.45, 2.75) is 18.9 Å². The molecule has 0 bridgehead atoms. The lowest BCUT2D eigenvalue weighted by atomic mass is 10.0. The zero-order valence-corrected chi connectivity index (χ0v) is 15.2. The molecule has 0 aliphatic carbocycles. The molecule has 0 spiro atoms. The first kappa shape index (κ1) is 17.7. The minimum absolute atomic E-state index is 0.116. The maximum Gasteiger partial charge on any atom is 0.252 e. The molecule has 8 nitrogen and oxygen atoms in total. The minimum atomic E-state index is -0.346. The molecule has 1 atom stereocenters. The van der Waals surface area contributed by atoms with Crippen LogP contribution in [-0.2, 0) is 11.2 Å². The van der Waals surface area contributed by atoms with Crippen molar-refractivity contribution in [1.29, 1.82) is 0 Å². The number of carbonyl (C=O) groups excluding carboxylic acids is 2. The van der Waals surface area contributed by atoms with Crippen LogP contribution in [0.1, 0.15) is 39.8 Å². The Balaban J connectivity index is 1.36. The van der Waals surface area contributed by atoms with Crippen LogP contribution >= 0.6 is 0 Å². The lowest BCUT2D eigenvalue weighted by Gasteiger charge is -2.10. The molecular weight excluding hydrogens is 358 g/mol. The van der Waals surface area contributed by atoms with Gasteiger partial charge in [0.1, 0.15) is 11.6 Å². The van der Waals surface area contributed by atoms with Gasteiger partial charge in [0.2, 0.25) is 11.9 Å². The second-order valence-electron chi connectivity index (χ2n) is 6.50. The SMILES string of the molecule is COc1ccc(Cc2nc(NC(=O)C[C@H]3NC(=O)c4ccccc43)n[nH]2)cc1. The van der Waals surface area contributed by atoms with E-state index in [1.165, 1.54) is 0 Å². The summed E-state index contributed by atoms with van der Waals surface area (Å²) in [7, 11) is 1.62. The van der Waals surface area contributed by atoms with Crippen molar-refractivity contribution in [2.24, 2.45) is 0 Å². The summed E-state index contributed by atoms with van der Waals surface area (Å²) in [6.45, 7) is 0. The number of nitrogens with one attached hydrogen (secondary N) is 3. The first-order valence-corrected chi connectivity index (χ1v) is 8.86. The van der Waals surface area contributed by atoms with Gasteiger partial charge in [-0.1, -0.05) is 30.3 Å². The highest BCUT2D eigenvalue weighted by Crippen LogP contribution is 2.27. The van der Waals surface area contributed by atoms with Crippen LogP contribution in [0.3, 0.4) is 0 Å². The molecule has 1 aromatic heterocycles. The highest BCUT2D eigenvalue weighted by molar-refractivity contribution is 6.00. The summed E-state index contributed by atoms with van der Waals surface area (Å²) in [5, 5.41) is 12.4. The third-order valence-electron chi connectivity index (χ3n) is 4.59. The van der Waals surface area contributed by atoms with E-state index in [9.17, 15) is 9.59 Å². The number of H-pyrrole nitrogens is 1. The van der Waals surface area contributed by atoms with Crippen molar-refractivity contribution in [3.8, 4) is 5.75 Å². The van der Waals surface area contributed by atoms with Crippen molar-refractivity contribution in [3.05, 3.63) is 71.0 Å². The average molecular weight is 377 g/mol. The van der Waals surface area contributed by atoms with Gasteiger partial charge in [-0.15, -0.1) is 5.10 Å². The number of aromatic nitrogens is 3. The molecular formula is C20H19N5O3. The number of nitrogens with zero attached hydrogens (tertiary/aromatic N) is 2. The fraction of sp³-hybridized carbons (Fsp3) is 0.200. The number of rotatable bonds is 6. The molecule has 0 fully saturated rings. The Bertz CT molecular complexity index is 1010. The fourth-order valence-electron chi connectivity index (χ4n) is 3.21. The number of fused-ring (bicyclic) bond motifs is 1. The maximum absolute atomic E-state index is 12.4. The molecule has 4 rings (SSSR count). The Morgan fingerprint density at radius 3 is 2.75 bits per heavy atom. The maximum atomic E-state index is 12.4. The molecule has 28 heavy (non-hydrogen) atoms. The summed E-state index contributed by atoms with van der Waals surface area (Å²) in [6, 6.07) is 14.6. The average Bonchev–Trinajstić information content (AvgIpc) is 3.27. The van der Waals surface area contributed by atoms with Gasteiger partial charge in [-0.2, -0.15) is 4.98 Å².